The average Bonchev–Trinajstić information content (AvgIpc) is 3.05. The van der Waals surface area contributed by atoms with E-state index in [9.17, 15) is 9.59 Å². The van der Waals surface area contributed by atoms with E-state index in [1.54, 1.807) is 36.4 Å². The van der Waals surface area contributed by atoms with Gasteiger partial charge < -0.3 is 20.4 Å². The Kier molecular flexibility index (Phi) is 5.15. The van der Waals surface area contributed by atoms with Crippen LogP contribution in [0.3, 0.4) is 0 Å². The summed E-state index contributed by atoms with van der Waals surface area (Å²) in [6.07, 6.45) is 1.52. The van der Waals surface area contributed by atoms with Crippen LogP contribution in [0, 0.1) is 11.3 Å². The summed E-state index contributed by atoms with van der Waals surface area (Å²) in [6, 6.07) is 11.3. The van der Waals surface area contributed by atoms with Crippen molar-refractivity contribution in [2.45, 2.75) is 6.54 Å². The lowest BCUT2D eigenvalue weighted by Crippen LogP contribution is -2.38. The third kappa shape index (κ3) is 4.68. The SMILES string of the molecule is N#Cc1ccc(NC(=O)NCC(=O)NCc2ccco2)cc1. The Balaban J connectivity index is 1.70. The Morgan fingerprint density at radius 2 is 1.91 bits per heavy atom. The van der Waals surface area contributed by atoms with Crippen molar-refractivity contribution in [2.24, 2.45) is 0 Å². The van der Waals surface area contributed by atoms with Gasteiger partial charge in [-0.25, -0.2) is 4.79 Å². The number of nitriles is 1. The molecule has 0 radical (unpaired) electrons. The molecule has 0 aliphatic rings. The lowest BCUT2D eigenvalue weighted by molar-refractivity contribution is -0.120. The number of furan rings is 1. The van der Waals surface area contributed by atoms with E-state index in [4.69, 9.17) is 9.68 Å². The topological polar surface area (TPSA) is 107 Å². The van der Waals surface area contributed by atoms with E-state index in [1.165, 1.54) is 6.26 Å². The lowest BCUT2D eigenvalue weighted by Gasteiger charge is -2.08. The molecule has 0 unspecified atom stereocenters. The highest BCUT2D eigenvalue weighted by atomic mass is 16.3. The van der Waals surface area contributed by atoms with Crippen LogP contribution in [0.4, 0.5) is 10.5 Å². The summed E-state index contributed by atoms with van der Waals surface area (Å²) in [7, 11) is 0. The fourth-order valence-corrected chi connectivity index (χ4v) is 1.63. The van der Waals surface area contributed by atoms with Crippen molar-refractivity contribution in [2.75, 3.05) is 11.9 Å². The molecule has 7 heteroatoms. The molecule has 22 heavy (non-hydrogen) atoms. The van der Waals surface area contributed by atoms with Crippen molar-refractivity contribution in [3.63, 3.8) is 0 Å². The van der Waals surface area contributed by atoms with Gasteiger partial charge in [0.2, 0.25) is 5.91 Å². The largest absolute Gasteiger partial charge is 0.467 e. The molecule has 0 bridgehead atoms. The van der Waals surface area contributed by atoms with Crippen LogP contribution in [0.2, 0.25) is 0 Å². The lowest BCUT2D eigenvalue weighted by atomic mass is 10.2. The van der Waals surface area contributed by atoms with Gasteiger partial charge in [-0.3, -0.25) is 4.79 Å². The first-order chi connectivity index (χ1) is 10.7. The molecule has 1 aromatic heterocycles. The highest BCUT2D eigenvalue weighted by Gasteiger charge is 2.06. The Labute approximate surface area is 126 Å². The fraction of sp³-hybridized carbons (Fsp3) is 0.133. The van der Waals surface area contributed by atoms with Gasteiger partial charge in [-0.05, 0) is 36.4 Å². The number of anilines is 1. The van der Waals surface area contributed by atoms with Crippen LogP contribution in [-0.2, 0) is 11.3 Å². The molecule has 2 aromatic rings. The standard InChI is InChI=1S/C15H14N4O3/c16-8-11-3-5-12(6-4-11)19-15(21)18-10-14(20)17-9-13-2-1-7-22-13/h1-7H,9-10H2,(H,17,20)(H2,18,19,21). The van der Waals surface area contributed by atoms with Gasteiger partial charge in [0.05, 0.1) is 31.0 Å². The van der Waals surface area contributed by atoms with Crippen LogP contribution in [0.15, 0.2) is 47.1 Å². The third-order valence-corrected chi connectivity index (χ3v) is 2.72. The van der Waals surface area contributed by atoms with E-state index < -0.39 is 6.03 Å². The van der Waals surface area contributed by atoms with Gasteiger partial charge in [0.15, 0.2) is 0 Å². The van der Waals surface area contributed by atoms with E-state index in [0.717, 1.165) is 0 Å². The second kappa shape index (κ2) is 7.50. The minimum Gasteiger partial charge on any atom is -0.467 e. The monoisotopic (exact) mass is 298 g/mol. The molecule has 112 valence electrons. The van der Waals surface area contributed by atoms with Gasteiger partial charge in [-0.15, -0.1) is 0 Å². The number of nitrogens with one attached hydrogen (secondary N) is 3. The van der Waals surface area contributed by atoms with Crippen molar-refractivity contribution < 1.29 is 14.0 Å². The number of benzene rings is 1. The zero-order chi connectivity index (χ0) is 15.8. The molecule has 7 nitrogen and oxygen atoms in total. The number of amides is 3. The Hall–Kier alpha value is -3.27. The summed E-state index contributed by atoms with van der Waals surface area (Å²) in [5, 5.41) is 16.3. The van der Waals surface area contributed by atoms with Crippen LogP contribution in [0.1, 0.15) is 11.3 Å². The second-order valence-electron chi connectivity index (χ2n) is 4.35. The van der Waals surface area contributed by atoms with E-state index >= 15 is 0 Å². The van der Waals surface area contributed by atoms with Crippen molar-refractivity contribution in [1.29, 1.82) is 5.26 Å². The molecule has 0 saturated carbocycles. The quantitative estimate of drug-likeness (QED) is 0.779. The highest BCUT2D eigenvalue weighted by Crippen LogP contribution is 2.08. The first kappa shape index (κ1) is 15.1. The molecule has 0 spiro atoms. The number of carbonyl (C=O) groups is 2. The van der Waals surface area contributed by atoms with Crippen molar-refractivity contribution >= 4 is 17.6 Å². The number of rotatable bonds is 5. The van der Waals surface area contributed by atoms with Crippen LogP contribution < -0.4 is 16.0 Å². The maximum Gasteiger partial charge on any atom is 0.319 e. The van der Waals surface area contributed by atoms with E-state index in [0.29, 0.717) is 17.0 Å². The second-order valence-corrected chi connectivity index (χ2v) is 4.35. The number of nitrogens with zero attached hydrogens (tertiary/aromatic N) is 1. The summed E-state index contributed by atoms with van der Waals surface area (Å²) in [4.78, 5) is 23.2. The van der Waals surface area contributed by atoms with Gasteiger partial charge in [-0.1, -0.05) is 0 Å². The predicted molar refractivity (Wildman–Crippen MR) is 78.7 cm³/mol. The molecule has 0 aliphatic carbocycles. The van der Waals surface area contributed by atoms with Gasteiger partial charge in [0.25, 0.3) is 0 Å². The summed E-state index contributed by atoms with van der Waals surface area (Å²) in [6.45, 7) is 0.119. The molecule has 3 amide bonds. The highest BCUT2D eigenvalue weighted by molar-refractivity contribution is 5.92. The Morgan fingerprint density at radius 1 is 1.14 bits per heavy atom. The van der Waals surface area contributed by atoms with Crippen molar-refractivity contribution in [3.8, 4) is 6.07 Å². The van der Waals surface area contributed by atoms with Crippen LogP contribution in [0.25, 0.3) is 0 Å². The van der Waals surface area contributed by atoms with Crippen molar-refractivity contribution in [3.05, 3.63) is 54.0 Å². The molecule has 3 N–H and O–H groups in total. The van der Waals surface area contributed by atoms with Crippen LogP contribution >= 0.6 is 0 Å². The first-order valence-electron chi connectivity index (χ1n) is 6.51. The van der Waals surface area contributed by atoms with Gasteiger partial charge >= 0.3 is 6.03 Å². The van der Waals surface area contributed by atoms with Gasteiger partial charge in [0, 0.05) is 5.69 Å². The molecule has 1 aromatic carbocycles. The summed E-state index contributed by atoms with van der Waals surface area (Å²) >= 11 is 0. The molecular formula is C15H14N4O3. The fourth-order valence-electron chi connectivity index (χ4n) is 1.63. The minimum absolute atomic E-state index is 0.150. The molecule has 0 aliphatic heterocycles. The molecule has 2 rings (SSSR count). The summed E-state index contributed by atoms with van der Waals surface area (Å²) < 4.78 is 5.07. The number of hydrogen-bond donors (Lipinski definition) is 3. The van der Waals surface area contributed by atoms with E-state index in [2.05, 4.69) is 16.0 Å². The molecule has 1 heterocycles. The average molecular weight is 298 g/mol. The Morgan fingerprint density at radius 3 is 2.55 bits per heavy atom. The zero-order valence-corrected chi connectivity index (χ0v) is 11.6. The maximum atomic E-state index is 11.6. The molecule has 0 saturated heterocycles. The third-order valence-electron chi connectivity index (χ3n) is 2.72. The summed E-state index contributed by atoms with van der Waals surface area (Å²) in [5.41, 5.74) is 1.04. The van der Waals surface area contributed by atoms with Crippen LogP contribution in [0.5, 0.6) is 0 Å². The summed E-state index contributed by atoms with van der Waals surface area (Å²) in [5.74, 6) is 0.307. The van der Waals surface area contributed by atoms with Crippen LogP contribution in [-0.4, -0.2) is 18.5 Å². The first-order valence-corrected chi connectivity index (χ1v) is 6.51. The normalized spacial score (nSPS) is 9.59. The smallest absolute Gasteiger partial charge is 0.319 e. The van der Waals surface area contributed by atoms with E-state index in [-0.39, 0.29) is 19.0 Å². The van der Waals surface area contributed by atoms with Gasteiger partial charge in [-0.2, -0.15) is 5.26 Å². The van der Waals surface area contributed by atoms with Crippen molar-refractivity contribution in [1.82, 2.24) is 10.6 Å². The molecule has 0 atom stereocenters. The Bertz CT molecular complexity index is 672. The maximum absolute atomic E-state index is 11.6. The number of urea groups is 1. The van der Waals surface area contributed by atoms with E-state index in [1.807, 2.05) is 6.07 Å². The molecule has 0 fully saturated rings. The number of hydrogen-bond acceptors (Lipinski definition) is 4. The number of carbonyl (C=O) groups excluding carboxylic acids is 2. The predicted octanol–water partition coefficient (Wildman–Crippen LogP) is 1.59. The minimum atomic E-state index is -0.502. The molecular weight excluding hydrogens is 284 g/mol. The van der Waals surface area contributed by atoms with Gasteiger partial charge in [0.1, 0.15) is 5.76 Å². The zero-order valence-electron chi connectivity index (χ0n) is 11.6.